The highest BCUT2D eigenvalue weighted by atomic mass is 35.5. The summed E-state index contributed by atoms with van der Waals surface area (Å²) in [6.45, 7) is 0. The van der Waals surface area contributed by atoms with E-state index in [0.29, 0.717) is 16.1 Å². The van der Waals surface area contributed by atoms with Crippen LogP contribution in [0.5, 0.6) is 0 Å². The van der Waals surface area contributed by atoms with E-state index >= 15 is 0 Å². The maximum atomic E-state index is 6.05. The minimum absolute atomic E-state index is 0.0130. The van der Waals surface area contributed by atoms with Crippen LogP contribution in [0.4, 0.5) is 0 Å². The zero-order chi connectivity index (χ0) is 13.2. The van der Waals surface area contributed by atoms with Crippen LogP contribution in [-0.4, -0.2) is 25.8 Å². The Hall–Kier alpha value is -0.280. The van der Waals surface area contributed by atoms with E-state index in [-0.39, 0.29) is 5.60 Å². The average molecular weight is 288 g/mol. The molecule has 0 aromatic heterocycles. The first-order valence-corrected chi connectivity index (χ1v) is 7.03. The van der Waals surface area contributed by atoms with Crippen molar-refractivity contribution < 1.29 is 4.74 Å². The molecule has 1 atom stereocenters. The van der Waals surface area contributed by atoms with E-state index in [0.717, 1.165) is 19.3 Å². The summed E-state index contributed by atoms with van der Waals surface area (Å²) in [5.41, 5.74) is 1.17. The van der Waals surface area contributed by atoms with Gasteiger partial charge < -0.3 is 10.1 Å². The smallest absolute Gasteiger partial charge is 0.0834 e. The number of ether oxygens (including phenoxy) is 1. The molecule has 1 N–H and O–H groups in total. The van der Waals surface area contributed by atoms with Gasteiger partial charge in [-0.25, -0.2) is 0 Å². The Kier molecular flexibility index (Phi) is 4.54. The van der Waals surface area contributed by atoms with Crippen molar-refractivity contribution in [2.75, 3.05) is 14.2 Å². The Bertz CT molecular complexity index is 413. The molecule has 0 spiro atoms. The first kappa shape index (κ1) is 14.1. The van der Waals surface area contributed by atoms with Gasteiger partial charge in [0.05, 0.1) is 15.6 Å². The fourth-order valence-corrected chi connectivity index (χ4v) is 2.99. The molecule has 18 heavy (non-hydrogen) atoms. The minimum atomic E-state index is -0.0130. The number of likely N-dealkylation sites (N-methyl/N-ethyl adjacent to an activating group) is 1. The molecule has 0 radical (unpaired) electrons. The highest BCUT2D eigenvalue weighted by Gasteiger charge is 2.43. The molecule has 0 heterocycles. The van der Waals surface area contributed by atoms with Gasteiger partial charge in [-0.15, -0.1) is 0 Å². The Labute approximate surface area is 119 Å². The van der Waals surface area contributed by atoms with E-state index in [1.807, 2.05) is 25.2 Å². The second-order valence-electron chi connectivity index (χ2n) is 4.92. The van der Waals surface area contributed by atoms with Crippen molar-refractivity contribution in [1.29, 1.82) is 0 Å². The van der Waals surface area contributed by atoms with E-state index < -0.39 is 0 Å². The summed E-state index contributed by atoms with van der Waals surface area (Å²) in [5.74, 6) is 0. The Morgan fingerprint density at radius 1 is 1.33 bits per heavy atom. The van der Waals surface area contributed by atoms with Gasteiger partial charge in [0.15, 0.2) is 0 Å². The number of hydrogen-bond donors (Lipinski definition) is 1. The second-order valence-corrected chi connectivity index (χ2v) is 5.73. The number of nitrogens with one attached hydrogen (secondary N) is 1. The summed E-state index contributed by atoms with van der Waals surface area (Å²) in [4.78, 5) is 0. The van der Waals surface area contributed by atoms with Crippen LogP contribution in [0.15, 0.2) is 18.2 Å². The van der Waals surface area contributed by atoms with Crippen molar-refractivity contribution in [3.8, 4) is 0 Å². The largest absolute Gasteiger partial charge is 0.377 e. The van der Waals surface area contributed by atoms with Crippen molar-refractivity contribution >= 4 is 23.2 Å². The molecule has 1 unspecified atom stereocenters. The highest BCUT2D eigenvalue weighted by Crippen LogP contribution is 2.39. The zero-order valence-corrected chi connectivity index (χ0v) is 12.3. The van der Waals surface area contributed by atoms with Crippen LogP contribution in [-0.2, 0) is 11.2 Å². The van der Waals surface area contributed by atoms with E-state index in [4.69, 9.17) is 27.9 Å². The Morgan fingerprint density at radius 2 is 2.06 bits per heavy atom. The van der Waals surface area contributed by atoms with E-state index in [2.05, 4.69) is 5.32 Å². The van der Waals surface area contributed by atoms with Crippen LogP contribution in [0.25, 0.3) is 0 Å². The predicted molar refractivity (Wildman–Crippen MR) is 76.6 cm³/mol. The maximum absolute atomic E-state index is 6.05. The van der Waals surface area contributed by atoms with Crippen molar-refractivity contribution in [2.24, 2.45) is 0 Å². The molecule has 1 aromatic carbocycles. The normalized spacial score (nSPS) is 19.3. The van der Waals surface area contributed by atoms with Crippen molar-refractivity contribution in [2.45, 2.75) is 37.3 Å². The van der Waals surface area contributed by atoms with Gasteiger partial charge in [0, 0.05) is 13.2 Å². The topological polar surface area (TPSA) is 21.3 Å². The quantitative estimate of drug-likeness (QED) is 0.892. The lowest BCUT2D eigenvalue weighted by molar-refractivity contribution is -0.0966. The molecule has 0 saturated heterocycles. The molecule has 4 heteroatoms. The van der Waals surface area contributed by atoms with Gasteiger partial charge >= 0.3 is 0 Å². The van der Waals surface area contributed by atoms with Crippen LogP contribution in [0.2, 0.25) is 10.0 Å². The predicted octanol–water partition coefficient (Wildman–Crippen LogP) is 3.69. The third-order valence-corrected chi connectivity index (χ3v) is 4.75. The van der Waals surface area contributed by atoms with E-state index in [1.165, 1.54) is 12.0 Å². The molecule has 1 aromatic rings. The third kappa shape index (κ3) is 2.67. The van der Waals surface area contributed by atoms with Crippen molar-refractivity contribution in [1.82, 2.24) is 5.32 Å². The van der Waals surface area contributed by atoms with Gasteiger partial charge in [-0.05, 0) is 50.4 Å². The Morgan fingerprint density at radius 3 is 2.50 bits per heavy atom. The fraction of sp³-hybridized carbons (Fsp3) is 0.571. The number of benzene rings is 1. The van der Waals surface area contributed by atoms with Gasteiger partial charge in [-0.2, -0.15) is 0 Å². The lowest BCUT2D eigenvalue weighted by atomic mass is 9.72. The standard InChI is InChI=1S/C14H19Cl2NO/c1-17-13(14(18-2)6-3-7-14)9-10-4-5-11(15)12(16)8-10/h4-5,8,13,17H,3,6-7,9H2,1-2H3. The average Bonchev–Trinajstić information content (AvgIpc) is 2.31. The summed E-state index contributed by atoms with van der Waals surface area (Å²) < 4.78 is 5.73. The molecule has 0 aliphatic heterocycles. The molecule has 100 valence electrons. The van der Waals surface area contributed by atoms with Crippen molar-refractivity contribution in [3.63, 3.8) is 0 Å². The van der Waals surface area contributed by atoms with Crippen LogP contribution >= 0.6 is 23.2 Å². The summed E-state index contributed by atoms with van der Waals surface area (Å²) >= 11 is 12.0. The number of rotatable bonds is 5. The molecule has 1 fully saturated rings. The monoisotopic (exact) mass is 287 g/mol. The molecule has 1 aliphatic carbocycles. The molecular weight excluding hydrogens is 269 g/mol. The first-order valence-electron chi connectivity index (χ1n) is 6.27. The first-order chi connectivity index (χ1) is 8.61. The second kappa shape index (κ2) is 5.79. The molecule has 2 nitrogen and oxygen atoms in total. The number of hydrogen-bond acceptors (Lipinski definition) is 2. The fourth-order valence-electron chi connectivity index (χ4n) is 2.67. The van der Waals surface area contributed by atoms with Gasteiger partial charge in [0.25, 0.3) is 0 Å². The summed E-state index contributed by atoms with van der Waals surface area (Å²) in [6, 6.07) is 6.14. The van der Waals surface area contributed by atoms with E-state index in [9.17, 15) is 0 Å². The number of methoxy groups -OCH3 is 1. The van der Waals surface area contributed by atoms with E-state index in [1.54, 1.807) is 7.11 Å². The summed E-state index contributed by atoms with van der Waals surface area (Å²) in [6.07, 6.45) is 4.39. The Balaban J connectivity index is 2.12. The van der Waals surface area contributed by atoms with Crippen LogP contribution < -0.4 is 5.32 Å². The summed E-state index contributed by atoms with van der Waals surface area (Å²) in [7, 11) is 3.79. The SMILES string of the molecule is CNC(Cc1ccc(Cl)c(Cl)c1)C1(OC)CCC1. The lowest BCUT2D eigenvalue weighted by Gasteiger charge is -2.46. The van der Waals surface area contributed by atoms with Crippen molar-refractivity contribution in [3.05, 3.63) is 33.8 Å². The summed E-state index contributed by atoms with van der Waals surface area (Å²) in [5, 5.41) is 4.60. The molecule has 0 amide bonds. The zero-order valence-electron chi connectivity index (χ0n) is 10.8. The molecule has 2 rings (SSSR count). The molecule has 1 aliphatic rings. The number of halogens is 2. The molecule has 0 bridgehead atoms. The highest BCUT2D eigenvalue weighted by molar-refractivity contribution is 6.42. The molecule has 1 saturated carbocycles. The van der Waals surface area contributed by atoms with Gasteiger partial charge in [-0.1, -0.05) is 29.3 Å². The minimum Gasteiger partial charge on any atom is -0.377 e. The van der Waals surface area contributed by atoms with Gasteiger partial charge in [-0.3, -0.25) is 0 Å². The maximum Gasteiger partial charge on any atom is 0.0834 e. The van der Waals surface area contributed by atoms with Gasteiger partial charge in [0.1, 0.15) is 0 Å². The third-order valence-electron chi connectivity index (χ3n) is 4.01. The molecular formula is C14H19Cl2NO. The van der Waals surface area contributed by atoms with Crippen LogP contribution in [0, 0.1) is 0 Å². The van der Waals surface area contributed by atoms with Gasteiger partial charge in [0.2, 0.25) is 0 Å². The van der Waals surface area contributed by atoms with Crippen LogP contribution in [0.1, 0.15) is 24.8 Å². The van der Waals surface area contributed by atoms with Crippen LogP contribution in [0.3, 0.4) is 0 Å². The lowest BCUT2D eigenvalue weighted by Crippen LogP contribution is -2.56.